The molecular formula is C15H24ClFN2O2S. The molecular weight excluding hydrogens is 327 g/mol. The molecule has 1 saturated heterocycles. The van der Waals surface area contributed by atoms with Gasteiger partial charge in [0.15, 0.2) is 0 Å². The Morgan fingerprint density at radius 2 is 1.95 bits per heavy atom. The summed E-state index contributed by atoms with van der Waals surface area (Å²) in [5.74, 6) is 0.0561. The van der Waals surface area contributed by atoms with Crippen molar-refractivity contribution in [2.45, 2.75) is 31.1 Å². The van der Waals surface area contributed by atoms with Crippen molar-refractivity contribution in [2.24, 2.45) is 5.92 Å². The molecule has 1 fully saturated rings. The lowest BCUT2D eigenvalue weighted by molar-refractivity contribution is 0.263. The van der Waals surface area contributed by atoms with Crippen LogP contribution in [0.1, 0.15) is 24.8 Å². The van der Waals surface area contributed by atoms with Crippen molar-refractivity contribution in [3.63, 3.8) is 0 Å². The van der Waals surface area contributed by atoms with Gasteiger partial charge < -0.3 is 5.32 Å². The van der Waals surface area contributed by atoms with Crippen molar-refractivity contribution in [2.75, 3.05) is 26.7 Å². The van der Waals surface area contributed by atoms with Crippen LogP contribution in [0.4, 0.5) is 4.39 Å². The number of halogens is 2. The molecule has 1 N–H and O–H groups in total. The van der Waals surface area contributed by atoms with Crippen LogP contribution in [0.3, 0.4) is 0 Å². The summed E-state index contributed by atoms with van der Waals surface area (Å²) in [6.45, 7) is 3.70. The second-order valence-corrected chi connectivity index (χ2v) is 7.56. The largest absolute Gasteiger partial charge is 0.320 e. The quantitative estimate of drug-likeness (QED) is 0.888. The van der Waals surface area contributed by atoms with Crippen molar-refractivity contribution < 1.29 is 12.8 Å². The zero-order chi connectivity index (χ0) is 15.5. The molecule has 2 rings (SSSR count). The average molecular weight is 351 g/mol. The number of nitrogens with zero attached hydrogens (tertiary/aromatic N) is 1. The third kappa shape index (κ3) is 4.41. The van der Waals surface area contributed by atoms with Crippen LogP contribution in [0.2, 0.25) is 0 Å². The molecule has 1 aliphatic rings. The molecule has 126 valence electrons. The van der Waals surface area contributed by atoms with E-state index >= 15 is 0 Å². The van der Waals surface area contributed by atoms with E-state index in [-0.39, 0.29) is 17.3 Å². The molecule has 0 radical (unpaired) electrons. The highest BCUT2D eigenvalue weighted by molar-refractivity contribution is 7.89. The summed E-state index contributed by atoms with van der Waals surface area (Å²) in [7, 11) is -1.66. The summed E-state index contributed by atoms with van der Waals surface area (Å²) in [6, 6.07) is 3.93. The smallest absolute Gasteiger partial charge is 0.243 e. The number of benzene rings is 1. The van der Waals surface area contributed by atoms with Crippen molar-refractivity contribution in [1.29, 1.82) is 0 Å². The van der Waals surface area contributed by atoms with Gasteiger partial charge >= 0.3 is 0 Å². The Morgan fingerprint density at radius 3 is 2.55 bits per heavy atom. The normalized spacial score (nSPS) is 17.2. The first kappa shape index (κ1) is 19.4. The van der Waals surface area contributed by atoms with Gasteiger partial charge in [-0.15, -0.1) is 12.4 Å². The maximum atomic E-state index is 13.4. The molecule has 1 aromatic rings. The van der Waals surface area contributed by atoms with Crippen molar-refractivity contribution in [3.05, 3.63) is 29.6 Å². The molecule has 22 heavy (non-hydrogen) atoms. The number of hydrogen-bond acceptors (Lipinski definition) is 3. The van der Waals surface area contributed by atoms with Gasteiger partial charge in [0.25, 0.3) is 0 Å². The first-order valence-corrected chi connectivity index (χ1v) is 8.80. The molecule has 0 saturated carbocycles. The van der Waals surface area contributed by atoms with Crippen molar-refractivity contribution in [1.82, 2.24) is 9.62 Å². The average Bonchev–Trinajstić information content (AvgIpc) is 2.48. The van der Waals surface area contributed by atoms with Gasteiger partial charge in [-0.05, 0) is 63.4 Å². The van der Waals surface area contributed by atoms with E-state index in [4.69, 9.17) is 0 Å². The number of nitrogens with one attached hydrogen (secondary N) is 1. The molecule has 0 amide bonds. The van der Waals surface area contributed by atoms with Crippen molar-refractivity contribution in [3.8, 4) is 0 Å². The van der Waals surface area contributed by atoms with Crippen LogP contribution in [-0.4, -0.2) is 39.4 Å². The van der Waals surface area contributed by atoms with Gasteiger partial charge in [-0.2, -0.15) is 4.31 Å². The summed E-state index contributed by atoms with van der Waals surface area (Å²) < 4.78 is 40.1. The van der Waals surface area contributed by atoms with Crippen LogP contribution in [0.25, 0.3) is 0 Å². The molecule has 0 spiro atoms. The molecule has 1 aliphatic heterocycles. The second-order valence-electron chi connectivity index (χ2n) is 5.65. The van der Waals surface area contributed by atoms with E-state index in [9.17, 15) is 12.8 Å². The summed E-state index contributed by atoms with van der Waals surface area (Å²) in [5, 5.41) is 3.12. The van der Waals surface area contributed by atoms with E-state index in [1.165, 1.54) is 16.4 Å². The minimum absolute atomic E-state index is 0. The van der Waals surface area contributed by atoms with Crippen LogP contribution >= 0.6 is 12.4 Å². The summed E-state index contributed by atoms with van der Waals surface area (Å²) >= 11 is 0. The first-order valence-electron chi connectivity index (χ1n) is 7.36. The number of piperidine rings is 1. The topological polar surface area (TPSA) is 49.4 Å². The number of hydrogen-bond donors (Lipinski definition) is 1. The lowest BCUT2D eigenvalue weighted by atomic mass is 9.95. The predicted molar refractivity (Wildman–Crippen MR) is 88.4 cm³/mol. The van der Waals surface area contributed by atoms with E-state index in [2.05, 4.69) is 5.32 Å². The third-order valence-corrected chi connectivity index (χ3v) is 6.18. The highest BCUT2D eigenvalue weighted by Crippen LogP contribution is 2.27. The van der Waals surface area contributed by atoms with Crippen LogP contribution < -0.4 is 5.32 Å². The first-order chi connectivity index (χ1) is 9.95. The summed E-state index contributed by atoms with van der Waals surface area (Å²) in [6.07, 6.45) is 2.81. The van der Waals surface area contributed by atoms with E-state index in [0.717, 1.165) is 31.9 Å². The molecule has 4 nitrogen and oxygen atoms in total. The van der Waals surface area contributed by atoms with E-state index < -0.39 is 15.8 Å². The second kappa shape index (κ2) is 8.24. The molecule has 0 bridgehead atoms. The zero-order valence-electron chi connectivity index (χ0n) is 13.0. The Hall–Kier alpha value is -0.690. The fourth-order valence-corrected chi connectivity index (χ4v) is 4.48. The summed E-state index contributed by atoms with van der Waals surface area (Å²) in [5.41, 5.74) is 0.591. The number of sulfonamides is 1. The predicted octanol–water partition coefficient (Wildman–Crippen LogP) is 2.57. The number of rotatable bonds is 5. The van der Waals surface area contributed by atoms with Gasteiger partial charge in [-0.3, -0.25) is 0 Å². The van der Waals surface area contributed by atoms with Crippen LogP contribution in [0, 0.1) is 18.7 Å². The van der Waals surface area contributed by atoms with Gasteiger partial charge in [-0.25, -0.2) is 12.8 Å². The molecule has 1 heterocycles. The highest BCUT2D eigenvalue weighted by Gasteiger charge is 2.30. The Bertz CT molecular complexity index is 587. The van der Waals surface area contributed by atoms with Gasteiger partial charge in [0.05, 0.1) is 4.90 Å². The summed E-state index contributed by atoms with van der Waals surface area (Å²) in [4.78, 5) is 0.0937. The lowest BCUT2D eigenvalue weighted by Gasteiger charge is -2.31. The molecule has 0 unspecified atom stereocenters. The van der Waals surface area contributed by atoms with Gasteiger partial charge in [0.2, 0.25) is 10.0 Å². The SMILES string of the molecule is CNCCC1CCN(S(=O)(=O)c2cc(F)ccc2C)CC1.Cl. The molecule has 0 aromatic heterocycles. The Morgan fingerprint density at radius 1 is 1.32 bits per heavy atom. The fourth-order valence-electron chi connectivity index (χ4n) is 2.78. The molecule has 7 heteroatoms. The maximum absolute atomic E-state index is 13.4. The van der Waals surface area contributed by atoms with Crippen LogP contribution in [0.5, 0.6) is 0 Å². The van der Waals surface area contributed by atoms with E-state index in [1.807, 2.05) is 7.05 Å². The maximum Gasteiger partial charge on any atom is 0.243 e. The lowest BCUT2D eigenvalue weighted by Crippen LogP contribution is -2.39. The monoisotopic (exact) mass is 350 g/mol. The minimum Gasteiger partial charge on any atom is -0.320 e. The number of aryl methyl sites for hydroxylation is 1. The third-order valence-electron chi connectivity index (χ3n) is 4.14. The van der Waals surface area contributed by atoms with Crippen LogP contribution in [-0.2, 0) is 10.0 Å². The van der Waals surface area contributed by atoms with Gasteiger partial charge in [-0.1, -0.05) is 6.07 Å². The standard InChI is InChI=1S/C15H23FN2O2S.ClH/c1-12-3-4-14(16)11-15(12)21(19,20)18-9-6-13(7-10-18)5-8-17-2;/h3-4,11,13,17H,5-10H2,1-2H3;1H. The highest BCUT2D eigenvalue weighted by atomic mass is 35.5. The van der Waals surface area contributed by atoms with Gasteiger partial charge in [0, 0.05) is 13.1 Å². The van der Waals surface area contributed by atoms with E-state index in [1.54, 1.807) is 6.92 Å². The zero-order valence-corrected chi connectivity index (χ0v) is 14.6. The Kier molecular flexibility index (Phi) is 7.25. The fraction of sp³-hybridized carbons (Fsp3) is 0.600. The Balaban J connectivity index is 0.00000242. The molecule has 1 aromatic carbocycles. The molecule has 0 aliphatic carbocycles. The van der Waals surface area contributed by atoms with Crippen molar-refractivity contribution >= 4 is 22.4 Å². The Labute approximate surface area is 138 Å². The van der Waals surface area contributed by atoms with E-state index in [0.29, 0.717) is 24.6 Å². The van der Waals surface area contributed by atoms with Gasteiger partial charge in [0.1, 0.15) is 5.82 Å². The van der Waals surface area contributed by atoms with Crippen LogP contribution in [0.15, 0.2) is 23.1 Å². The minimum atomic E-state index is -3.58. The molecule has 0 atom stereocenters.